The number of carbonyl (C=O) groups is 3. The summed E-state index contributed by atoms with van der Waals surface area (Å²) >= 11 is 6.71. The van der Waals surface area contributed by atoms with Gasteiger partial charge in [0.05, 0.1) is 41.4 Å². The van der Waals surface area contributed by atoms with Gasteiger partial charge >= 0.3 is 18.0 Å². The SMILES string of the molecule is COC(=O)[C@@H]1CN(C(=O)N(c2ccccc2)c2ccccc2)CCN1C(=O)N1c2ccccc2C=C(Cl)c2ccccc21. The third-order valence-electron chi connectivity index (χ3n) is 7.64. The van der Waals surface area contributed by atoms with Gasteiger partial charge in [0.2, 0.25) is 0 Å². The summed E-state index contributed by atoms with van der Waals surface area (Å²) in [4.78, 5) is 48.1. The average Bonchev–Trinajstić information content (AvgIpc) is 3.18. The number of hydrogen-bond acceptors (Lipinski definition) is 4. The number of amides is 4. The third-order valence-corrected chi connectivity index (χ3v) is 7.96. The van der Waals surface area contributed by atoms with Crippen LogP contribution in [-0.4, -0.2) is 60.6 Å². The van der Waals surface area contributed by atoms with Crippen LogP contribution in [0.3, 0.4) is 0 Å². The van der Waals surface area contributed by atoms with Crippen LogP contribution in [0.5, 0.6) is 0 Å². The summed E-state index contributed by atoms with van der Waals surface area (Å²) in [7, 11) is 1.28. The fourth-order valence-corrected chi connectivity index (χ4v) is 5.83. The molecule has 6 rings (SSSR count). The fraction of sp³-hybridized carbons (Fsp3) is 0.147. The Labute approximate surface area is 254 Å². The van der Waals surface area contributed by atoms with Crippen molar-refractivity contribution in [2.45, 2.75) is 6.04 Å². The van der Waals surface area contributed by atoms with Crippen LogP contribution < -0.4 is 9.80 Å². The summed E-state index contributed by atoms with van der Waals surface area (Å²) in [5.74, 6) is -0.607. The predicted molar refractivity (Wildman–Crippen MR) is 169 cm³/mol. The molecule has 1 atom stereocenters. The molecule has 1 saturated heterocycles. The zero-order chi connectivity index (χ0) is 29.9. The van der Waals surface area contributed by atoms with Crippen molar-refractivity contribution in [3.63, 3.8) is 0 Å². The third kappa shape index (κ3) is 5.33. The number of para-hydroxylation sites is 4. The lowest BCUT2D eigenvalue weighted by molar-refractivity contribution is -0.147. The molecule has 4 aromatic rings. The number of hydrogen-bond donors (Lipinski definition) is 0. The molecule has 0 saturated carbocycles. The number of esters is 1. The van der Waals surface area contributed by atoms with Crippen molar-refractivity contribution < 1.29 is 19.1 Å². The predicted octanol–water partition coefficient (Wildman–Crippen LogP) is 7.11. The van der Waals surface area contributed by atoms with Gasteiger partial charge in [-0.25, -0.2) is 14.4 Å². The molecule has 0 aromatic heterocycles. The highest BCUT2D eigenvalue weighted by molar-refractivity contribution is 6.52. The Hall–Kier alpha value is -5.08. The number of benzene rings is 4. The standard InChI is InChI=1S/C34H29ClN4O4/c1-43-32(40)31-23-36(33(41)38(25-13-4-2-5-14-25)26-15-6-3-7-16-26)20-21-37(31)34(42)39-29-18-10-8-12-24(29)22-28(35)27-17-9-11-19-30(27)39/h2-19,22,31H,20-21,23H2,1H3/t31-/m0/s1. The van der Waals surface area contributed by atoms with E-state index in [1.807, 2.05) is 115 Å². The van der Waals surface area contributed by atoms with Gasteiger partial charge in [0, 0.05) is 24.2 Å². The minimum absolute atomic E-state index is 0.0381. The summed E-state index contributed by atoms with van der Waals surface area (Å²) in [5.41, 5.74) is 4.07. The number of methoxy groups -OCH3 is 1. The van der Waals surface area contributed by atoms with Crippen molar-refractivity contribution in [3.8, 4) is 0 Å². The van der Waals surface area contributed by atoms with Crippen LogP contribution in [0.1, 0.15) is 11.1 Å². The van der Waals surface area contributed by atoms with Crippen LogP contribution in [0, 0.1) is 0 Å². The van der Waals surface area contributed by atoms with Gasteiger partial charge in [-0.3, -0.25) is 9.80 Å². The van der Waals surface area contributed by atoms with Crippen molar-refractivity contribution in [2.24, 2.45) is 0 Å². The second-order valence-electron chi connectivity index (χ2n) is 10.2. The van der Waals surface area contributed by atoms with Crippen LogP contribution in [0.15, 0.2) is 109 Å². The van der Waals surface area contributed by atoms with Gasteiger partial charge in [0.15, 0.2) is 0 Å². The maximum atomic E-state index is 14.5. The zero-order valence-electron chi connectivity index (χ0n) is 23.5. The summed E-state index contributed by atoms with van der Waals surface area (Å²) in [5, 5.41) is 0.500. The highest BCUT2D eigenvalue weighted by atomic mass is 35.5. The molecular formula is C34H29ClN4O4. The minimum Gasteiger partial charge on any atom is -0.467 e. The Bertz CT molecular complexity index is 1660. The number of anilines is 4. The molecule has 216 valence electrons. The molecule has 9 heteroatoms. The Morgan fingerprint density at radius 3 is 2.00 bits per heavy atom. The summed E-state index contributed by atoms with van der Waals surface area (Å²) in [6.45, 7) is 0.289. The number of piperazine rings is 1. The van der Waals surface area contributed by atoms with E-state index in [4.69, 9.17) is 16.3 Å². The van der Waals surface area contributed by atoms with Gasteiger partial charge in [0.1, 0.15) is 6.04 Å². The number of halogens is 1. The molecule has 0 N–H and O–H groups in total. The van der Waals surface area contributed by atoms with Gasteiger partial charge in [0.25, 0.3) is 0 Å². The van der Waals surface area contributed by atoms with Crippen molar-refractivity contribution >= 4 is 63.5 Å². The van der Waals surface area contributed by atoms with E-state index in [0.717, 1.165) is 5.56 Å². The molecule has 0 aliphatic carbocycles. The molecule has 2 heterocycles. The van der Waals surface area contributed by atoms with E-state index < -0.39 is 18.0 Å². The first-order chi connectivity index (χ1) is 21.0. The molecule has 0 bridgehead atoms. The van der Waals surface area contributed by atoms with Crippen molar-refractivity contribution in [3.05, 3.63) is 120 Å². The second kappa shape index (κ2) is 12.0. The molecule has 2 aliphatic rings. The zero-order valence-corrected chi connectivity index (χ0v) is 24.2. The Morgan fingerprint density at radius 2 is 1.35 bits per heavy atom. The quantitative estimate of drug-likeness (QED) is 0.238. The van der Waals surface area contributed by atoms with Gasteiger partial charge < -0.3 is 14.5 Å². The Morgan fingerprint density at radius 1 is 0.767 bits per heavy atom. The van der Waals surface area contributed by atoms with E-state index in [9.17, 15) is 14.4 Å². The fourth-order valence-electron chi connectivity index (χ4n) is 5.55. The smallest absolute Gasteiger partial charge is 0.330 e. The molecule has 4 aromatic carbocycles. The number of fused-ring (bicyclic) bond motifs is 2. The molecule has 8 nitrogen and oxygen atoms in total. The topological polar surface area (TPSA) is 73.4 Å². The van der Waals surface area contributed by atoms with Crippen LogP contribution in [0.4, 0.5) is 32.3 Å². The summed E-state index contributed by atoms with van der Waals surface area (Å²) < 4.78 is 5.16. The van der Waals surface area contributed by atoms with E-state index in [1.165, 1.54) is 12.0 Å². The monoisotopic (exact) mass is 592 g/mol. The molecule has 43 heavy (non-hydrogen) atoms. The Balaban J connectivity index is 1.35. The molecule has 0 unspecified atom stereocenters. The summed E-state index contributed by atoms with van der Waals surface area (Å²) in [6.07, 6.45) is 1.83. The highest BCUT2D eigenvalue weighted by Gasteiger charge is 2.42. The Kier molecular flexibility index (Phi) is 7.85. The first-order valence-corrected chi connectivity index (χ1v) is 14.3. The van der Waals surface area contributed by atoms with Gasteiger partial charge in [-0.15, -0.1) is 0 Å². The number of nitrogens with zero attached hydrogens (tertiary/aromatic N) is 4. The van der Waals surface area contributed by atoms with E-state index in [1.54, 1.807) is 14.7 Å². The maximum Gasteiger partial charge on any atom is 0.330 e. The molecule has 0 spiro atoms. The van der Waals surface area contributed by atoms with E-state index in [0.29, 0.717) is 33.3 Å². The lowest BCUT2D eigenvalue weighted by Crippen LogP contribution is -2.62. The van der Waals surface area contributed by atoms with Crippen molar-refractivity contribution in [1.82, 2.24) is 9.80 Å². The number of rotatable bonds is 3. The maximum absolute atomic E-state index is 14.5. The molecule has 1 fully saturated rings. The van der Waals surface area contributed by atoms with Crippen molar-refractivity contribution in [1.29, 1.82) is 0 Å². The van der Waals surface area contributed by atoms with Crippen LogP contribution >= 0.6 is 11.6 Å². The van der Waals surface area contributed by atoms with Gasteiger partial charge in [-0.05, 0) is 42.5 Å². The lowest BCUT2D eigenvalue weighted by atomic mass is 10.1. The summed E-state index contributed by atoms with van der Waals surface area (Å²) in [6, 6.07) is 31.8. The normalized spacial score (nSPS) is 15.9. The molecule has 0 radical (unpaired) electrons. The minimum atomic E-state index is -1.03. The van der Waals surface area contributed by atoms with Crippen LogP contribution in [0.25, 0.3) is 11.1 Å². The largest absolute Gasteiger partial charge is 0.467 e. The van der Waals surface area contributed by atoms with Crippen molar-refractivity contribution in [2.75, 3.05) is 36.5 Å². The van der Waals surface area contributed by atoms with Crippen LogP contribution in [0.2, 0.25) is 0 Å². The van der Waals surface area contributed by atoms with Gasteiger partial charge in [-0.1, -0.05) is 84.4 Å². The lowest BCUT2D eigenvalue weighted by Gasteiger charge is -2.43. The number of urea groups is 2. The van der Waals surface area contributed by atoms with E-state index in [-0.39, 0.29) is 25.7 Å². The number of ether oxygens (including phenoxy) is 1. The van der Waals surface area contributed by atoms with Gasteiger partial charge in [-0.2, -0.15) is 0 Å². The second-order valence-corrected chi connectivity index (χ2v) is 10.6. The van der Waals surface area contributed by atoms with Crippen LogP contribution in [-0.2, 0) is 9.53 Å². The van der Waals surface area contributed by atoms with E-state index in [2.05, 4.69) is 0 Å². The molecule has 4 amide bonds. The number of carbonyl (C=O) groups excluding carboxylic acids is 3. The average molecular weight is 593 g/mol. The van der Waals surface area contributed by atoms with E-state index >= 15 is 0 Å². The first-order valence-electron chi connectivity index (χ1n) is 13.9. The molecular weight excluding hydrogens is 564 g/mol. The first kappa shape index (κ1) is 28.1. The highest BCUT2D eigenvalue weighted by Crippen LogP contribution is 2.42. The molecule has 2 aliphatic heterocycles.